The summed E-state index contributed by atoms with van der Waals surface area (Å²) in [6, 6.07) is 0. The molecule has 0 aliphatic carbocycles. The molecule has 2 fully saturated rings. The lowest BCUT2D eigenvalue weighted by Crippen LogP contribution is -2.26. The maximum Gasteiger partial charge on any atom is 0.307 e. The van der Waals surface area contributed by atoms with Gasteiger partial charge in [0, 0.05) is 13.2 Å². The quantitative estimate of drug-likeness (QED) is 0.301. The van der Waals surface area contributed by atoms with Crippen LogP contribution >= 0.6 is 0 Å². The summed E-state index contributed by atoms with van der Waals surface area (Å²) in [4.78, 5) is 10.5. The van der Waals surface area contributed by atoms with Crippen LogP contribution < -0.4 is 0 Å². The van der Waals surface area contributed by atoms with Gasteiger partial charge in [-0.3, -0.25) is 4.79 Å². The van der Waals surface area contributed by atoms with Crippen molar-refractivity contribution in [3.05, 3.63) is 24.3 Å². The van der Waals surface area contributed by atoms with Crippen LogP contribution in [0.2, 0.25) is 0 Å². The highest BCUT2D eigenvalue weighted by molar-refractivity contribution is 5.68. The van der Waals surface area contributed by atoms with Crippen molar-refractivity contribution in [2.75, 3.05) is 13.2 Å². The monoisotopic (exact) mass is 378 g/mol. The number of unbranched alkanes of at least 4 members (excludes halogenated alkanes) is 4. The van der Waals surface area contributed by atoms with Crippen molar-refractivity contribution in [3.8, 4) is 0 Å². The van der Waals surface area contributed by atoms with Gasteiger partial charge in [-0.2, -0.15) is 0 Å². The zero-order chi connectivity index (χ0) is 19.3. The molecular weight excluding hydrogens is 340 g/mol. The number of aliphatic carboxylic acids is 1. The molecule has 2 aliphatic heterocycles. The van der Waals surface area contributed by atoms with Gasteiger partial charge in [0.25, 0.3) is 0 Å². The van der Waals surface area contributed by atoms with Gasteiger partial charge in [-0.1, -0.05) is 56.9 Å². The van der Waals surface area contributed by atoms with Crippen molar-refractivity contribution in [1.82, 2.24) is 0 Å². The molecule has 0 aromatic heterocycles. The third-order valence-electron chi connectivity index (χ3n) is 5.89. The van der Waals surface area contributed by atoms with Gasteiger partial charge in [0.2, 0.25) is 0 Å². The first-order chi connectivity index (χ1) is 13.2. The van der Waals surface area contributed by atoms with Gasteiger partial charge >= 0.3 is 5.97 Å². The van der Waals surface area contributed by atoms with Gasteiger partial charge in [0.1, 0.15) is 0 Å². The highest BCUT2D eigenvalue weighted by Gasteiger charge is 2.47. The second-order valence-corrected chi connectivity index (χ2v) is 7.98. The van der Waals surface area contributed by atoms with Crippen LogP contribution in [0.25, 0.3) is 0 Å². The molecule has 2 bridgehead atoms. The van der Waals surface area contributed by atoms with Gasteiger partial charge < -0.3 is 14.6 Å². The van der Waals surface area contributed by atoms with Gasteiger partial charge in [-0.05, 0) is 50.4 Å². The third kappa shape index (κ3) is 8.18. The van der Waals surface area contributed by atoms with Crippen LogP contribution in [0.3, 0.4) is 0 Å². The number of hydrogen-bond donors (Lipinski definition) is 1. The molecule has 0 unspecified atom stereocenters. The van der Waals surface area contributed by atoms with Crippen LogP contribution in [0.4, 0.5) is 0 Å². The first-order valence-corrected chi connectivity index (χ1v) is 11.0. The zero-order valence-corrected chi connectivity index (χ0v) is 17.0. The summed E-state index contributed by atoms with van der Waals surface area (Å²) in [5.74, 6) is 0.523. The summed E-state index contributed by atoms with van der Waals surface area (Å²) in [6.07, 6.45) is 20.9. The Morgan fingerprint density at radius 1 is 1.00 bits per heavy atom. The second-order valence-electron chi connectivity index (χ2n) is 7.98. The minimum atomic E-state index is -0.786. The van der Waals surface area contributed by atoms with Crippen LogP contribution in [0.1, 0.15) is 77.6 Å². The van der Waals surface area contributed by atoms with Gasteiger partial charge in [0.15, 0.2) is 0 Å². The fourth-order valence-electron chi connectivity index (χ4n) is 4.48. The number of ether oxygens (including phenoxy) is 2. The third-order valence-corrected chi connectivity index (χ3v) is 5.89. The number of carboxylic acids is 1. The minimum absolute atomic E-state index is 0.0882. The topological polar surface area (TPSA) is 55.8 Å². The molecule has 0 aromatic rings. The average Bonchev–Trinajstić information content (AvgIpc) is 3.25. The predicted octanol–water partition coefficient (Wildman–Crippen LogP) is 5.52. The van der Waals surface area contributed by atoms with E-state index in [4.69, 9.17) is 14.6 Å². The van der Waals surface area contributed by atoms with Crippen molar-refractivity contribution >= 4 is 5.97 Å². The molecule has 1 N–H and O–H groups in total. The summed E-state index contributed by atoms with van der Waals surface area (Å²) in [5, 5.41) is 8.63. The molecule has 2 rings (SSSR count). The Labute approximate surface area is 165 Å². The van der Waals surface area contributed by atoms with Gasteiger partial charge in [-0.15, -0.1) is 0 Å². The van der Waals surface area contributed by atoms with Crippen LogP contribution in [0.15, 0.2) is 24.3 Å². The summed E-state index contributed by atoms with van der Waals surface area (Å²) >= 11 is 0. The Hall–Kier alpha value is -1.13. The smallest absolute Gasteiger partial charge is 0.307 e. The van der Waals surface area contributed by atoms with E-state index in [0.717, 1.165) is 26.1 Å². The first kappa shape index (κ1) is 22.2. The summed E-state index contributed by atoms with van der Waals surface area (Å²) in [7, 11) is 0. The van der Waals surface area contributed by atoms with Crippen molar-refractivity contribution in [2.45, 2.75) is 89.8 Å². The Bertz CT molecular complexity index is 471. The SMILES string of the molecule is CCCCCCOCCCC[C@@H]1[C@H](CC=CC=CCC(=O)O)[C@@H]2CC[C@H]1O2. The fraction of sp³-hybridized carbons (Fsp3) is 0.783. The maximum absolute atomic E-state index is 10.5. The van der Waals surface area contributed by atoms with Crippen molar-refractivity contribution in [2.24, 2.45) is 11.8 Å². The van der Waals surface area contributed by atoms with Crippen molar-refractivity contribution < 1.29 is 19.4 Å². The Balaban J connectivity index is 1.60. The Morgan fingerprint density at radius 3 is 2.44 bits per heavy atom. The van der Waals surface area contributed by atoms with Crippen LogP contribution in [0.5, 0.6) is 0 Å². The molecule has 4 atom stereocenters. The van der Waals surface area contributed by atoms with E-state index >= 15 is 0 Å². The Morgan fingerprint density at radius 2 is 1.70 bits per heavy atom. The number of fused-ring (bicyclic) bond motifs is 2. The number of rotatable bonds is 15. The van der Waals surface area contributed by atoms with E-state index in [1.165, 1.54) is 51.4 Å². The summed E-state index contributed by atoms with van der Waals surface area (Å²) < 4.78 is 11.9. The lowest BCUT2D eigenvalue weighted by molar-refractivity contribution is -0.136. The molecule has 0 saturated carbocycles. The van der Waals surface area contributed by atoms with E-state index in [1.54, 1.807) is 6.08 Å². The van der Waals surface area contributed by atoms with E-state index in [-0.39, 0.29) is 6.42 Å². The van der Waals surface area contributed by atoms with E-state index in [1.807, 2.05) is 12.2 Å². The van der Waals surface area contributed by atoms with E-state index in [0.29, 0.717) is 24.0 Å². The van der Waals surface area contributed by atoms with Gasteiger partial charge in [-0.25, -0.2) is 0 Å². The minimum Gasteiger partial charge on any atom is -0.481 e. The molecule has 154 valence electrons. The lowest BCUT2D eigenvalue weighted by Gasteiger charge is -2.27. The highest BCUT2D eigenvalue weighted by Crippen LogP contribution is 2.47. The highest BCUT2D eigenvalue weighted by atomic mass is 16.5. The molecule has 4 heteroatoms. The number of hydrogen-bond acceptors (Lipinski definition) is 3. The standard InChI is InChI=1S/C23H38O4/c1-2-3-4-10-17-26-18-11-9-13-20-19(21-15-16-22(20)27-21)12-7-5-6-8-14-23(24)25/h5-8,19-22H,2-4,9-18H2,1H3,(H,24,25)/t19-,20+,21-,22+/m0/s1. The predicted molar refractivity (Wildman–Crippen MR) is 109 cm³/mol. The van der Waals surface area contributed by atoms with Crippen LogP contribution in [-0.2, 0) is 14.3 Å². The normalized spacial score (nSPS) is 27.3. The molecule has 0 spiro atoms. The van der Waals surface area contributed by atoms with Crippen LogP contribution in [-0.4, -0.2) is 36.5 Å². The van der Waals surface area contributed by atoms with Crippen molar-refractivity contribution in [3.63, 3.8) is 0 Å². The maximum atomic E-state index is 10.5. The number of carbonyl (C=O) groups is 1. The second kappa shape index (κ2) is 13.1. The summed E-state index contributed by atoms with van der Waals surface area (Å²) in [6.45, 7) is 4.05. The van der Waals surface area contributed by atoms with E-state index in [2.05, 4.69) is 13.0 Å². The molecule has 2 heterocycles. The molecule has 27 heavy (non-hydrogen) atoms. The van der Waals surface area contributed by atoms with Gasteiger partial charge in [0.05, 0.1) is 18.6 Å². The lowest BCUT2D eigenvalue weighted by atomic mass is 9.75. The van der Waals surface area contributed by atoms with Crippen LogP contribution in [0, 0.1) is 11.8 Å². The molecule has 2 aliphatic rings. The van der Waals surface area contributed by atoms with E-state index < -0.39 is 5.97 Å². The number of carboxylic acid groups (broad SMARTS) is 1. The molecule has 0 aromatic carbocycles. The molecule has 0 amide bonds. The average molecular weight is 379 g/mol. The zero-order valence-electron chi connectivity index (χ0n) is 17.0. The Kier molecular flexibility index (Phi) is 10.8. The van der Waals surface area contributed by atoms with Crippen molar-refractivity contribution in [1.29, 1.82) is 0 Å². The number of allylic oxidation sites excluding steroid dienone is 3. The molecule has 0 radical (unpaired) electrons. The molecule has 4 nitrogen and oxygen atoms in total. The first-order valence-electron chi connectivity index (χ1n) is 11.0. The fourth-order valence-corrected chi connectivity index (χ4v) is 4.48. The molecular formula is C23H38O4. The largest absolute Gasteiger partial charge is 0.481 e. The summed E-state index contributed by atoms with van der Waals surface area (Å²) in [5.41, 5.74) is 0. The molecule has 2 saturated heterocycles. The van der Waals surface area contributed by atoms with E-state index in [9.17, 15) is 4.79 Å².